The number of nitrogens with zero attached hydrogens (tertiary/aromatic N) is 1. The number of rotatable bonds is 1. The molecule has 1 amide bonds. The Morgan fingerprint density at radius 3 is 3.23 bits per heavy atom. The molecule has 0 aromatic carbocycles. The van der Waals surface area contributed by atoms with Gasteiger partial charge in [0.2, 0.25) is 5.91 Å². The van der Waals surface area contributed by atoms with Crippen molar-refractivity contribution in [3.05, 3.63) is 11.6 Å². The summed E-state index contributed by atoms with van der Waals surface area (Å²) in [4.78, 5) is 13.2. The molecular weight excluding hydrogens is 186 g/mol. The Labute approximate surface area is 83.5 Å². The van der Waals surface area contributed by atoms with E-state index in [0.717, 1.165) is 13.1 Å². The predicted molar refractivity (Wildman–Crippen MR) is 52.7 cm³/mol. The molecule has 0 radical (unpaired) electrons. The Morgan fingerprint density at radius 1 is 1.69 bits per heavy atom. The fourth-order valence-corrected chi connectivity index (χ4v) is 2.40. The lowest BCUT2D eigenvalue weighted by Crippen LogP contribution is -2.29. The average Bonchev–Trinajstić information content (AvgIpc) is 2.59. The minimum Gasteiger partial charge on any atom is -0.337 e. The van der Waals surface area contributed by atoms with Crippen LogP contribution in [0.25, 0.3) is 0 Å². The molecule has 13 heavy (non-hydrogen) atoms. The van der Waals surface area contributed by atoms with Gasteiger partial charge in [0.1, 0.15) is 5.88 Å². The summed E-state index contributed by atoms with van der Waals surface area (Å²) in [6, 6.07) is 0. The van der Waals surface area contributed by atoms with E-state index in [9.17, 15) is 4.79 Å². The number of hydrogen-bond acceptors (Lipinski definition) is 1. The molecule has 1 saturated heterocycles. The molecule has 0 spiro atoms. The van der Waals surface area contributed by atoms with Crippen LogP contribution in [0.15, 0.2) is 11.6 Å². The van der Waals surface area contributed by atoms with Gasteiger partial charge in [-0.25, -0.2) is 0 Å². The molecule has 0 aromatic rings. The maximum atomic E-state index is 11.3. The Hall–Kier alpha value is -0.500. The standard InChI is InChI=1S/C10H14ClNO/c11-5-10(13)12-6-8-3-1-2-4-9(8)7-12/h3,9H,1-2,4-7H2. The highest BCUT2D eigenvalue weighted by molar-refractivity contribution is 6.27. The third-order valence-corrected chi connectivity index (χ3v) is 3.20. The van der Waals surface area contributed by atoms with Crippen LogP contribution in [0.5, 0.6) is 0 Å². The Morgan fingerprint density at radius 2 is 2.54 bits per heavy atom. The van der Waals surface area contributed by atoms with Crippen molar-refractivity contribution in [2.75, 3.05) is 19.0 Å². The van der Waals surface area contributed by atoms with Gasteiger partial charge < -0.3 is 4.90 Å². The molecule has 1 atom stereocenters. The molecule has 1 heterocycles. The van der Waals surface area contributed by atoms with Crippen LogP contribution >= 0.6 is 11.6 Å². The van der Waals surface area contributed by atoms with Crippen molar-refractivity contribution in [2.45, 2.75) is 19.3 Å². The van der Waals surface area contributed by atoms with Gasteiger partial charge >= 0.3 is 0 Å². The number of allylic oxidation sites excluding steroid dienone is 1. The monoisotopic (exact) mass is 199 g/mol. The molecule has 1 unspecified atom stereocenters. The normalized spacial score (nSPS) is 27.0. The quantitative estimate of drug-likeness (QED) is 0.466. The van der Waals surface area contributed by atoms with Gasteiger partial charge in [0, 0.05) is 13.1 Å². The molecule has 0 aromatic heterocycles. The topological polar surface area (TPSA) is 20.3 Å². The van der Waals surface area contributed by atoms with Gasteiger partial charge in [-0.2, -0.15) is 0 Å². The SMILES string of the molecule is O=C(CCl)N1CC2=CCCCC2C1. The van der Waals surface area contributed by atoms with Crippen molar-refractivity contribution in [3.63, 3.8) is 0 Å². The van der Waals surface area contributed by atoms with Crippen LogP contribution in [0.3, 0.4) is 0 Å². The summed E-state index contributed by atoms with van der Waals surface area (Å²) in [7, 11) is 0. The van der Waals surface area contributed by atoms with Crippen molar-refractivity contribution in [1.29, 1.82) is 0 Å². The number of carbonyl (C=O) groups is 1. The number of hydrogen-bond donors (Lipinski definition) is 0. The zero-order chi connectivity index (χ0) is 9.26. The van der Waals surface area contributed by atoms with Crippen LogP contribution in [0.2, 0.25) is 0 Å². The molecule has 3 heteroatoms. The summed E-state index contributed by atoms with van der Waals surface area (Å²) >= 11 is 5.52. The summed E-state index contributed by atoms with van der Waals surface area (Å²) in [5, 5.41) is 0. The first-order chi connectivity index (χ1) is 6.31. The smallest absolute Gasteiger partial charge is 0.237 e. The van der Waals surface area contributed by atoms with Crippen LogP contribution in [-0.4, -0.2) is 29.8 Å². The molecule has 1 fully saturated rings. The first-order valence-corrected chi connectivity index (χ1v) is 5.37. The van der Waals surface area contributed by atoms with Gasteiger partial charge in [-0.05, 0) is 30.8 Å². The summed E-state index contributed by atoms with van der Waals surface area (Å²) in [5.41, 5.74) is 1.46. The maximum absolute atomic E-state index is 11.3. The molecule has 2 nitrogen and oxygen atoms in total. The van der Waals surface area contributed by atoms with Crippen LogP contribution in [0.4, 0.5) is 0 Å². The van der Waals surface area contributed by atoms with Gasteiger partial charge in [-0.3, -0.25) is 4.79 Å². The molecule has 2 aliphatic rings. The first kappa shape index (κ1) is 9.07. The fourth-order valence-electron chi connectivity index (χ4n) is 2.23. The van der Waals surface area contributed by atoms with E-state index in [2.05, 4.69) is 6.08 Å². The summed E-state index contributed by atoms with van der Waals surface area (Å²) in [5.74, 6) is 0.845. The number of fused-ring (bicyclic) bond motifs is 1. The minimum atomic E-state index is 0.0805. The minimum absolute atomic E-state index is 0.0805. The lowest BCUT2D eigenvalue weighted by Gasteiger charge is -2.15. The van der Waals surface area contributed by atoms with Crippen molar-refractivity contribution in [3.8, 4) is 0 Å². The summed E-state index contributed by atoms with van der Waals surface area (Å²) in [6.45, 7) is 1.73. The molecule has 72 valence electrons. The van der Waals surface area contributed by atoms with Crippen molar-refractivity contribution in [2.24, 2.45) is 5.92 Å². The van der Waals surface area contributed by atoms with Gasteiger partial charge in [0.25, 0.3) is 0 Å². The second-order valence-electron chi connectivity index (χ2n) is 3.81. The highest BCUT2D eigenvalue weighted by Gasteiger charge is 2.30. The van der Waals surface area contributed by atoms with E-state index in [1.807, 2.05) is 4.90 Å². The van der Waals surface area contributed by atoms with E-state index < -0.39 is 0 Å². The number of halogens is 1. The van der Waals surface area contributed by atoms with Crippen LogP contribution in [0, 0.1) is 5.92 Å². The third-order valence-electron chi connectivity index (χ3n) is 2.97. The predicted octanol–water partition coefficient (Wildman–Crippen LogP) is 1.79. The van der Waals surface area contributed by atoms with E-state index in [0.29, 0.717) is 5.92 Å². The largest absolute Gasteiger partial charge is 0.337 e. The van der Waals surface area contributed by atoms with Gasteiger partial charge in [-0.1, -0.05) is 6.08 Å². The van der Waals surface area contributed by atoms with Crippen molar-refractivity contribution >= 4 is 17.5 Å². The van der Waals surface area contributed by atoms with E-state index >= 15 is 0 Å². The van der Waals surface area contributed by atoms with Crippen LogP contribution < -0.4 is 0 Å². The number of amides is 1. The summed E-state index contributed by atoms with van der Waals surface area (Å²) < 4.78 is 0. The highest BCUT2D eigenvalue weighted by atomic mass is 35.5. The molecule has 2 rings (SSSR count). The Balaban J connectivity index is 2.04. The zero-order valence-corrected chi connectivity index (χ0v) is 8.39. The molecule has 0 N–H and O–H groups in total. The first-order valence-electron chi connectivity index (χ1n) is 4.84. The maximum Gasteiger partial charge on any atom is 0.237 e. The Bertz CT molecular complexity index is 249. The lowest BCUT2D eigenvalue weighted by atomic mass is 9.91. The number of carbonyl (C=O) groups excluding carboxylic acids is 1. The molecule has 1 aliphatic heterocycles. The lowest BCUT2D eigenvalue weighted by molar-refractivity contribution is -0.127. The van der Waals surface area contributed by atoms with Gasteiger partial charge in [-0.15, -0.1) is 11.6 Å². The van der Waals surface area contributed by atoms with Crippen molar-refractivity contribution < 1.29 is 4.79 Å². The second kappa shape index (κ2) is 3.70. The van der Waals surface area contributed by atoms with E-state index in [-0.39, 0.29) is 11.8 Å². The van der Waals surface area contributed by atoms with Crippen molar-refractivity contribution in [1.82, 2.24) is 4.90 Å². The molecule has 0 saturated carbocycles. The molecular formula is C10H14ClNO. The van der Waals surface area contributed by atoms with Gasteiger partial charge in [0.05, 0.1) is 0 Å². The molecule has 1 aliphatic carbocycles. The number of likely N-dealkylation sites (tertiary alicyclic amines) is 1. The van der Waals surface area contributed by atoms with Gasteiger partial charge in [0.15, 0.2) is 0 Å². The third kappa shape index (κ3) is 1.73. The fraction of sp³-hybridized carbons (Fsp3) is 0.700. The zero-order valence-electron chi connectivity index (χ0n) is 7.63. The highest BCUT2D eigenvalue weighted by Crippen LogP contribution is 2.31. The van der Waals surface area contributed by atoms with E-state index in [1.165, 1.54) is 24.8 Å². The number of alkyl halides is 1. The van der Waals surface area contributed by atoms with Crippen LogP contribution in [-0.2, 0) is 4.79 Å². The molecule has 0 bridgehead atoms. The average molecular weight is 200 g/mol. The van der Waals surface area contributed by atoms with E-state index in [4.69, 9.17) is 11.6 Å². The van der Waals surface area contributed by atoms with Crippen LogP contribution in [0.1, 0.15) is 19.3 Å². The summed E-state index contributed by atoms with van der Waals surface area (Å²) in [6.07, 6.45) is 6.01. The Kier molecular flexibility index (Phi) is 2.58. The van der Waals surface area contributed by atoms with E-state index in [1.54, 1.807) is 0 Å². The second-order valence-corrected chi connectivity index (χ2v) is 4.08.